The number of oxime groups is 1. The van der Waals surface area contributed by atoms with E-state index in [1.165, 1.54) is 0 Å². The van der Waals surface area contributed by atoms with E-state index in [-0.39, 0.29) is 5.84 Å². The second-order valence-electron chi connectivity index (χ2n) is 3.09. The Morgan fingerprint density at radius 1 is 1.33 bits per heavy atom. The van der Waals surface area contributed by atoms with Crippen LogP contribution in [0.4, 0.5) is 0 Å². The summed E-state index contributed by atoms with van der Waals surface area (Å²) >= 11 is 0. The molecule has 0 fully saturated rings. The molecule has 80 valence electrons. The van der Waals surface area contributed by atoms with Gasteiger partial charge in [-0.2, -0.15) is 0 Å². The van der Waals surface area contributed by atoms with E-state index in [9.17, 15) is 0 Å². The van der Waals surface area contributed by atoms with Crippen molar-refractivity contribution in [2.75, 3.05) is 6.54 Å². The lowest BCUT2D eigenvalue weighted by Crippen LogP contribution is -2.12. The van der Waals surface area contributed by atoms with Gasteiger partial charge in [-0.3, -0.25) is 0 Å². The first kappa shape index (κ1) is 11.3. The summed E-state index contributed by atoms with van der Waals surface area (Å²) in [4.78, 5) is 0. The molecule has 0 aliphatic rings. The molecule has 0 aromatic heterocycles. The van der Waals surface area contributed by atoms with Crippen molar-refractivity contribution >= 4 is 11.9 Å². The van der Waals surface area contributed by atoms with Crippen LogP contribution in [0.25, 0.3) is 6.08 Å². The average molecular weight is 205 g/mol. The van der Waals surface area contributed by atoms with Gasteiger partial charge >= 0.3 is 0 Å². The van der Waals surface area contributed by atoms with Crippen LogP contribution >= 0.6 is 0 Å². The van der Waals surface area contributed by atoms with Crippen LogP contribution in [0.15, 0.2) is 35.5 Å². The molecule has 0 aliphatic heterocycles. The fraction of sp³-hybridized carbons (Fsp3) is 0.182. The summed E-state index contributed by atoms with van der Waals surface area (Å²) < 4.78 is 0. The molecular weight excluding hydrogens is 190 g/mol. The average Bonchev–Trinajstić information content (AvgIpc) is 2.29. The number of benzene rings is 1. The van der Waals surface area contributed by atoms with E-state index >= 15 is 0 Å². The van der Waals surface area contributed by atoms with E-state index in [1.54, 1.807) is 12.1 Å². The Bertz CT molecular complexity index is 355. The lowest BCUT2D eigenvalue weighted by Gasteiger charge is -1.98. The van der Waals surface area contributed by atoms with Crippen LogP contribution in [-0.4, -0.2) is 17.6 Å². The maximum atomic E-state index is 8.47. The fourth-order valence-corrected chi connectivity index (χ4v) is 1.14. The minimum Gasteiger partial charge on any atom is -0.409 e. The molecule has 0 bridgehead atoms. The lowest BCUT2D eigenvalue weighted by molar-refractivity contribution is 0.318. The number of nitrogens with two attached hydrogens (primary N) is 2. The molecule has 0 aliphatic carbocycles. The van der Waals surface area contributed by atoms with Gasteiger partial charge in [0.15, 0.2) is 5.84 Å². The highest BCUT2D eigenvalue weighted by atomic mass is 16.4. The topological polar surface area (TPSA) is 84.6 Å². The van der Waals surface area contributed by atoms with Gasteiger partial charge in [-0.1, -0.05) is 41.6 Å². The second-order valence-corrected chi connectivity index (χ2v) is 3.09. The molecule has 15 heavy (non-hydrogen) atoms. The van der Waals surface area contributed by atoms with Gasteiger partial charge in [0, 0.05) is 5.56 Å². The Labute approximate surface area is 88.9 Å². The molecule has 0 unspecified atom stereocenters. The quantitative estimate of drug-likeness (QED) is 0.298. The standard InChI is InChI=1S/C11H15N3O/c12-8-2-1-3-9-4-6-10(7-5-9)11(13)14-15/h1,3-7,15H,2,8,12H2,(H2,13,14). The zero-order valence-corrected chi connectivity index (χ0v) is 8.43. The first-order chi connectivity index (χ1) is 7.27. The number of rotatable bonds is 4. The molecule has 0 saturated heterocycles. The highest BCUT2D eigenvalue weighted by molar-refractivity contribution is 5.97. The summed E-state index contributed by atoms with van der Waals surface area (Å²) in [5.41, 5.74) is 12.6. The molecule has 1 aromatic rings. The van der Waals surface area contributed by atoms with Crippen molar-refractivity contribution in [3.63, 3.8) is 0 Å². The van der Waals surface area contributed by atoms with Crippen LogP contribution in [0.1, 0.15) is 17.5 Å². The molecule has 0 saturated carbocycles. The predicted octanol–water partition coefficient (Wildman–Crippen LogP) is 1.14. The van der Waals surface area contributed by atoms with Crippen molar-refractivity contribution in [2.24, 2.45) is 16.6 Å². The van der Waals surface area contributed by atoms with Gasteiger partial charge in [-0.25, -0.2) is 0 Å². The van der Waals surface area contributed by atoms with Gasteiger partial charge in [0.05, 0.1) is 0 Å². The normalized spacial score (nSPS) is 12.2. The van der Waals surface area contributed by atoms with E-state index in [2.05, 4.69) is 5.16 Å². The van der Waals surface area contributed by atoms with E-state index in [1.807, 2.05) is 24.3 Å². The van der Waals surface area contributed by atoms with Crippen LogP contribution in [0, 0.1) is 0 Å². The van der Waals surface area contributed by atoms with Gasteiger partial charge in [0.2, 0.25) is 0 Å². The SMILES string of the molecule is NCCC=Cc1ccc(C(N)=NO)cc1. The Morgan fingerprint density at radius 3 is 2.53 bits per heavy atom. The largest absolute Gasteiger partial charge is 0.409 e. The highest BCUT2D eigenvalue weighted by Crippen LogP contribution is 2.06. The van der Waals surface area contributed by atoms with Crippen molar-refractivity contribution in [1.29, 1.82) is 0 Å². The molecule has 1 aromatic carbocycles. The van der Waals surface area contributed by atoms with Gasteiger partial charge in [-0.15, -0.1) is 0 Å². The maximum Gasteiger partial charge on any atom is 0.170 e. The van der Waals surface area contributed by atoms with Crippen molar-refractivity contribution < 1.29 is 5.21 Å². The number of hydrogen-bond donors (Lipinski definition) is 3. The van der Waals surface area contributed by atoms with Gasteiger partial charge in [0.25, 0.3) is 0 Å². The van der Waals surface area contributed by atoms with Crippen molar-refractivity contribution in [2.45, 2.75) is 6.42 Å². The summed E-state index contributed by atoms with van der Waals surface area (Å²) in [6.07, 6.45) is 4.86. The molecule has 0 radical (unpaired) electrons. The maximum absolute atomic E-state index is 8.47. The third-order valence-corrected chi connectivity index (χ3v) is 1.96. The van der Waals surface area contributed by atoms with Crippen molar-refractivity contribution in [3.05, 3.63) is 41.5 Å². The zero-order valence-electron chi connectivity index (χ0n) is 8.43. The molecule has 4 heteroatoms. The fourth-order valence-electron chi connectivity index (χ4n) is 1.14. The van der Waals surface area contributed by atoms with Crippen LogP contribution in [-0.2, 0) is 0 Å². The predicted molar refractivity (Wildman–Crippen MR) is 61.7 cm³/mol. The van der Waals surface area contributed by atoms with E-state index < -0.39 is 0 Å². The molecule has 0 atom stereocenters. The molecular formula is C11H15N3O. The molecule has 0 spiro atoms. The van der Waals surface area contributed by atoms with Gasteiger partial charge < -0.3 is 16.7 Å². The number of hydrogen-bond acceptors (Lipinski definition) is 3. The Morgan fingerprint density at radius 2 is 2.00 bits per heavy atom. The third kappa shape index (κ3) is 3.44. The molecule has 5 N–H and O–H groups in total. The molecule has 1 rings (SSSR count). The highest BCUT2D eigenvalue weighted by Gasteiger charge is 1.96. The second kappa shape index (κ2) is 5.82. The third-order valence-electron chi connectivity index (χ3n) is 1.96. The van der Waals surface area contributed by atoms with Crippen molar-refractivity contribution in [1.82, 2.24) is 0 Å². The molecule has 0 heterocycles. The Balaban J connectivity index is 2.72. The smallest absolute Gasteiger partial charge is 0.170 e. The molecule has 4 nitrogen and oxygen atoms in total. The first-order valence-corrected chi connectivity index (χ1v) is 4.72. The van der Waals surface area contributed by atoms with Gasteiger partial charge in [0.1, 0.15) is 0 Å². The summed E-state index contributed by atoms with van der Waals surface area (Å²) in [6.45, 7) is 0.651. The number of amidine groups is 1. The molecule has 0 amide bonds. The Hall–Kier alpha value is -1.81. The summed E-state index contributed by atoms with van der Waals surface area (Å²) in [5.74, 6) is 0.118. The number of nitrogens with zero attached hydrogens (tertiary/aromatic N) is 1. The Kier molecular flexibility index (Phi) is 4.37. The van der Waals surface area contributed by atoms with E-state index in [0.717, 1.165) is 12.0 Å². The monoisotopic (exact) mass is 205 g/mol. The zero-order chi connectivity index (χ0) is 11.1. The minimum absolute atomic E-state index is 0.118. The van der Waals surface area contributed by atoms with Crippen LogP contribution in [0.5, 0.6) is 0 Å². The van der Waals surface area contributed by atoms with Crippen LogP contribution < -0.4 is 11.5 Å². The van der Waals surface area contributed by atoms with E-state index in [0.29, 0.717) is 12.1 Å². The summed E-state index contributed by atoms with van der Waals surface area (Å²) in [7, 11) is 0. The summed E-state index contributed by atoms with van der Waals surface area (Å²) in [5, 5.41) is 11.4. The van der Waals surface area contributed by atoms with Crippen LogP contribution in [0.3, 0.4) is 0 Å². The minimum atomic E-state index is 0.118. The summed E-state index contributed by atoms with van der Waals surface area (Å²) in [6, 6.07) is 7.41. The van der Waals surface area contributed by atoms with Crippen LogP contribution in [0.2, 0.25) is 0 Å². The van der Waals surface area contributed by atoms with E-state index in [4.69, 9.17) is 16.7 Å². The van der Waals surface area contributed by atoms with Crippen molar-refractivity contribution in [3.8, 4) is 0 Å². The van der Waals surface area contributed by atoms with Gasteiger partial charge in [-0.05, 0) is 18.5 Å². The first-order valence-electron chi connectivity index (χ1n) is 4.72. The lowest BCUT2D eigenvalue weighted by atomic mass is 10.1.